The molecule has 1 aromatic heterocycles. The van der Waals surface area contributed by atoms with Crippen molar-refractivity contribution >= 4 is 50.2 Å². The van der Waals surface area contributed by atoms with Crippen LogP contribution >= 0.6 is 27.7 Å². The molecule has 29 heavy (non-hydrogen) atoms. The van der Waals surface area contributed by atoms with Gasteiger partial charge in [0.25, 0.3) is 0 Å². The lowest BCUT2D eigenvalue weighted by Gasteiger charge is -2.05. The number of carbonyl (C=O) groups is 1. The molecule has 0 atom stereocenters. The monoisotopic (exact) mass is 468 g/mol. The van der Waals surface area contributed by atoms with Crippen molar-refractivity contribution in [3.63, 3.8) is 0 Å². The molecule has 6 heteroatoms. The summed E-state index contributed by atoms with van der Waals surface area (Å²) in [5.41, 5.74) is 2.73. The van der Waals surface area contributed by atoms with Gasteiger partial charge in [-0.1, -0.05) is 46.3 Å². The van der Waals surface area contributed by atoms with E-state index in [0.717, 1.165) is 31.5 Å². The maximum Gasteiger partial charge on any atom is 0.234 e. The standard InChI is InChI=1S/C23H18BrFN2OS/c24-17-8-10-19(11-9-17)26-23(28)15-29-22-14-27(21-7-2-1-6-20(21)22)13-16-4-3-5-18(25)12-16/h1-12,14H,13,15H2,(H,26,28). The summed E-state index contributed by atoms with van der Waals surface area (Å²) in [7, 11) is 0. The number of hydrogen-bond donors (Lipinski definition) is 1. The second kappa shape index (κ2) is 8.84. The van der Waals surface area contributed by atoms with Gasteiger partial charge in [-0.05, 0) is 48.0 Å². The molecule has 1 N–H and O–H groups in total. The van der Waals surface area contributed by atoms with Crippen molar-refractivity contribution < 1.29 is 9.18 Å². The Bertz CT molecular complexity index is 1160. The smallest absolute Gasteiger partial charge is 0.234 e. The number of hydrogen-bond acceptors (Lipinski definition) is 2. The van der Waals surface area contributed by atoms with E-state index >= 15 is 0 Å². The minimum atomic E-state index is -0.238. The van der Waals surface area contributed by atoms with Crippen molar-refractivity contribution in [3.8, 4) is 0 Å². The van der Waals surface area contributed by atoms with E-state index in [9.17, 15) is 9.18 Å². The zero-order valence-corrected chi connectivity index (χ0v) is 17.8. The quantitative estimate of drug-likeness (QED) is 0.335. The molecular formula is C23H18BrFN2OS. The summed E-state index contributed by atoms with van der Waals surface area (Å²) in [5, 5.41) is 4.00. The first-order chi connectivity index (χ1) is 14.1. The molecule has 0 aliphatic carbocycles. The number of thioether (sulfide) groups is 1. The molecule has 1 amide bonds. The average molecular weight is 469 g/mol. The summed E-state index contributed by atoms with van der Waals surface area (Å²) in [6, 6.07) is 22.2. The number of para-hydroxylation sites is 1. The maximum atomic E-state index is 13.5. The lowest BCUT2D eigenvalue weighted by atomic mass is 10.2. The van der Waals surface area contributed by atoms with E-state index < -0.39 is 0 Å². The first-order valence-electron chi connectivity index (χ1n) is 9.09. The zero-order chi connectivity index (χ0) is 20.2. The van der Waals surface area contributed by atoms with Gasteiger partial charge in [-0.2, -0.15) is 0 Å². The highest BCUT2D eigenvalue weighted by Gasteiger charge is 2.11. The minimum Gasteiger partial charge on any atom is -0.342 e. The summed E-state index contributed by atoms with van der Waals surface area (Å²) in [6.07, 6.45) is 2.03. The summed E-state index contributed by atoms with van der Waals surface area (Å²) in [6.45, 7) is 0.573. The van der Waals surface area contributed by atoms with E-state index in [1.807, 2.05) is 60.8 Å². The van der Waals surface area contributed by atoms with Crippen LogP contribution in [-0.2, 0) is 11.3 Å². The van der Waals surface area contributed by atoms with Gasteiger partial charge >= 0.3 is 0 Å². The molecule has 4 aromatic rings. The first kappa shape index (κ1) is 19.7. The molecule has 0 aliphatic rings. The van der Waals surface area contributed by atoms with Crippen LogP contribution in [0.25, 0.3) is 10.9 Å². The van der Waals surface area contributed by atoms with E-state index in [0.29, 0.717) is 12.3 Å². The van der Waals surface area contributed by atoms with Gasteiger partial charge in [-0.25, -0.2) is 4.39 Å². The first-order valence-corrected chi connectivity index (χ1v) is 10.9. The Morgan fingerprint density at radius 2 is 1.83 bits per heavy atom. The molecule has 0 fully saturated rings. The molecule has 3 aromatic carbocycles. The minimum absolute atomic E-state index is 0.0562. The number of nitrogens with one attached hydrogen (secondary N) is 1. The van der Waals surface area contributed by atoms with E-state index in [1.165, 1.54) is 17.8 Å². The van der Waals surface area contributed by atoms with Gasteiger partial charge in [-0.3, -0.25) is 4.79 Å². The van der Waals surface area contributed by atoms with E-state index in [4.69, 9.17) is 0 Å². The van der Waals surface area contributed by atoms with Gasteiger partial charge < -0.3 is 9.88 Å². The van der Waals surface area contributed by atoms with Crippen LogP contribution in [0.5, 0.6) is 0 Å². The highest BCUT2D eigenvalue weighted by molar-refractivity contribution is 9.10. The molecule has 0 saturated heterocycles. The van der Waals surface area contributed by atoms with Crippen LogP contribution in [0.15, 0.2) is 88.4 Å². The van der Waals surface area contributed by atoms with E-state index in [-0.39, 0.29) is 11.7 Å². The molecule has 0 unspecified atom stereocenters. The van der Waals surface area contributed by atoms with Crippen LogP contribution < -0.4 is 5.32 Å². The molecule has 4 rings (SSSR count). The van der Waals surface area contributed by atoms with Crippen molar-refractivity contribution in [3.05, 3.63) is 94.8 Å². The highest BCUT2D eigenvalue weighted by atomic mass is 79.9. The van der Waals surface area contributed by atoms with Crippen LogP contribution in [0.3, 0.4) is 0 Å². The second-order valence-corrected chi connectivity index (χ2v) is 8.54. The fraction of sp³-hybridized carbons (Fsp3) is 0.0870. The number of fused-ring (bicyclic) bond motifs is 1. The van der Waals surface area contributed by atoms with Crippen LogP contribution in [0.1, 0.15) is 5.56 Å². The molecule has 0 bridgehead atoms. The molecule has 0 saturated carbocycles. The molecule has 0 spiro atoms. The molecule has 146 valence electrons. The van der Waals surface area contributed by atoms with E-state index in [1.54, 1.807) is 12.1 Å². The Labute approximate surface area is 181 Å². The van der Waals surface area contributed by atoms with Crippen LogP contribution in [0.2, 0.25) is 0 Å². The van der Waals surface area contributed by atoms with Crippen LogP contribution in [-0.4, -0.2) is 16.2 Å². The number of halogens is 2. The Hall–Kier alpha value is -2.57. The lowest BCUT2D eigenvalue weighted by Crippen LogP contribution is -2.13. The van der Waals surface area contributed by atoms with Crippen molar-refractivity contribution in [1.29, 1.82) is 0 Å². The topological polar surface area (TPSA) is 34.0 Å². The van der Waals surface area contributed by atoms with Crippen molar-refractivity contribution in [1.82, 2.24) is 4.57 Å². The van der Waals surface area contributed by atoms with Gasteiger partial charge in [0.1, 0.15) is 5.82 Å². The third kappa shape index (κ3) is 4.89. The van der Waals surface area contributed by atoms with Gasteiger partial charge in [-0.15, -0.1) is 11.8 Å². The summed E-state index contributed by atoms with van der Waals surface area (Å²) in [4.78, 5) is 13.4. The third-order valence-electron chi connectivity index (χ3n) is 4.48. The molecule has 3 nitrogen and oxygen atoms in total. The number of nitrogens with zero attached hydrogens (tertiary/aromatic N) is 1. The molecule has 0 aliphatic heterocycles. The zero-order valence-electron chi connectivity index (χ0n) is 15.4. The number of aromatic nitrogens is 1. The predicted molar refractivity (Wildman–Crippen MR) is 121 cm³/mol. The fourth-order valence-corrected chi connectivity index (χ4v) is 4.32. The lowest BCUT2D eigenvalue weighted by molar-refractivity contribution is -0.113. The molecule has 0 radical (unpaired) electrons. The Balaban J connectivity index is 1.50. The van der Waals surface area contributed by atoms with Gasteiger partial charge in [0.15, 0.2) is 0 Å². The van der Waals surface area contributed by atoms with Crippen molar-refractivity contribution in [2.24, 2.45) is 0 Å². The van der Waals surface area contributed by atoms with Gasteiger partial charge in [0.2, 0.25) is 5.91 Å². The Morgan fingerprint density at radius 1 is 1.03 bits per heavy atom. The average Bonchev–Trinajstić information content (AvgIpc) is 3.06. The Kier molecular flexibility index (Phi) is 6.02. The summed E-state index contributed by atoms with van der Waals surface area (Å²) < 4.78 is 16.6. The number of anilines is 1. The van der Waals surface area contributed by atoms with E-state index in [2.05, 4.69) is 25.8 Å². The number of amides is 1. The Morgan fingerprint density at radius 3 is 2.62 bits per heavy atom. The highest BCUT2D eigenvalue weighted by Crippen LogP contribution is 2.30. The SMILES string of the molecule is O=C(CSc1cn(Cc2cccc(F)c2)c2ccccc12)Nc1ccc(Br)cc1. The normalized spacial score (nSPS) is 11.0. The predicted octanol–water partition coefficient (Wildman–Crippen LogP) is 6.32. The number of rotatable bonds is 6. The largest absolute Gasteiger partial charge is 0.342 e. The van der Waals surface area contributed by atoms with Crippen LogP contribution in [0, 0.1) is 5.82 Å². The maximum absolute atomic E-state index is 13.5. The fourth-order valence-electron chi connectivity index (χ4n) is 3.16. The van der Waals surface area contributed by atoms with Crippen molar-refractivity contribution in [2.75, 3.05) is 11.1 Å². The number of benzene rings is 3. The third-order valence-corrected chi connectivity index (χ3v) is 6.05. The van der Waals surface area contributed by atoms with Crippen molar-refractivity contribution in [2.45, 2.75) is 11.4 Å². The van der Waals surface area contributed by atoms with Gasteiger partial charge in [0.05, 0.1) is 5.75 Å². The second-order valence-electron chi connectivity index (χ2n) is 6.61. The van der Waals surface area contributed by atoms with Gasteiger partial charge in [0, 0.05) is 38.7 Å². The summed E-state index contributed by atoms with van der Waals surface area (Å²) >= 11 is 4.88. The molecular weight excluding hydrogens is 451 g/mol. The molecule has 1 heterocycles. The van der Waals surface area contributed by atoms with Crippen LogP contribution in [0.4, 0.5) is 10.1 Å². The number of carbonyl (C=O) groups excluding carboxylic acids is 1. The summed E-state index contributed by atoms with van der Waals surface area (Å²) in [5.74, 6) is 0.0155.